The summed E-state index contributed by atoms with van der Waals surface area (Å²) in [5.41, 5.74) is 4.19. The van der Waals surface area contributed by atoms with Gasteiger partial charge in [-0.05, 0) is 93.0 Å². The minimum absolute atomic E-state index is 0.0208. The number of aromatic nitrogens is 2. The van der Waals surface area contributed by atoms with Crippen molar-refractivity contribution in [2.75, 3.05) is 13.1 Å². The Hall–Kier alpha value is -3.19. The van der Waals surface area contributed by atoms with Crippen molar-refractivity contribution in [2.24, 2.45) is 5.41 Å². The first-order valence-corrected chi connectivity index (χ1v) is 15.7. The molecule has 2 atom stereocenters. The number of ketones is 1. The zero-order chi connectivity index (χ0) is 28.1. The number of aliphatic hydroxyl groups is 1. The number of aliphatic hydroxyl groups excluding tert-OH is 1. The number of imidazole rings is 1. The van der Waals surface area contributed by atoms with Gasteiger partial charge in [0.2, 0.25) is 0 Å². The van der Waals surface area contributed by atoms with E-state index in [4.69, 9.17) is 9.72 Å². The topological polar surface area (TPSA) is 84.7 Å². The Morgan fingerprint density at radius 3 is 2.59 bits per heavy atom. The minimum atomic E-state index is -0.578. The highest BCUT2D eigenvalue weighted by Crippen LogP contribution is 2.47. The zero-order valence-electron chi connectivity index (χ0n) is 24.1. The fraction of sp³-hybridized carbons (Fsp3) is 0.559. The lowest BCUT2D eigenvalue weighted by molar-refractivity contribution is -0.141. The third kappa shape index (κ3) is 4.86. The van der Waals surface area contributed by atoms with Crippen LogP contribution in [0.5, 0.6) is 0 Å². The lowest BCUT2D eigenvalue weighted by Crippen LogP contribution is -2.65. The number of amides is 1. The second kappa shape index (κ2) is 10.6. The molecule has 4 aliphatic rings. The van der Waals surface area contributed by atoms with Crippen LogP contribution in [-0.4, -0.2) is 56.7 Å². The SMILES string of the molecule is CC(O)CCn1c(CC2C(=O)C3(Cc4cc5ccccc5cc42)CN(C(=O)OC2CCCC2)C3)nc2c1CCCC2. The summed E-state index contributed by atoms with van der Waals surface area (Å²) in [4.78, 5) is 34.3. The third-order valence-electron chi connectivity index (χ3n) is 10.0. The summed E-state index contributed by atoms with van der Waals surface area (Å²) in [6.07, 6.45) is 9.63. The Bertz CT molecular complexity index is 1480. The maximum Gasteiger partial charge on any atom is 0.410 e. The van der Waals surface area contributed by atoms with Crippen LogP contribution in [0.4, 0.5) is 4.79 Å². The van der Waals surface area contributed by atoms with Crippen molar-refractivity contribution in [3.05, 3.63) is 64.7 Å². The number of benzene rings is 2. The molecule has 41 heavy (non-hydrogen) atoms. The molecule has 1 spiro atoms. The molecular formula is C34H41N3O4. The molecule has 216 valence electrons. The fourth-order valence-electron chi connectivity index (χ4n) is 7.83. The van der Waals surface area contributed by atoms with E-state index in [2.05, 4.69) is 34.9 Å². The van der Waals surface area contributed by atoms with Gasteiger partial charge in [0, 0.05) is 31.7 Å². The van der Waals surface area contributed by atoms with E-state index in [1.165, 1.54) is 16.6 Å². The number of hydrogen-bond acceptors (Lipinski definition) is 5. The van der Waals surface area contributed by atoms with E-state index >= 15 is 0 Å². The van der Waals surface area contributed by atoms with Gasteiger partial charge in [-0.25, -0.2) is 9.78 Å². The summed E-state index contributed by atoms with van der Waals surface area (Å²) in [5.74, 6) is 0.877. The summed E-state index contributed by atoms with van der Waals surface area (Å²) in [6.45, 7) is 3.39. The number of nitrogens with zero attached hydrogens (tertiary/aromatic N) is 3. The second-order valence-corrected chi connectivity index (χ2v) is 13.0. The zero-order valence-corrected chi connectivity index (χ0v) is 24.1. The van der Waals surface area contributed by atoms with Gasteiger partial charge in [-0.1, -0.05) is 36.4 Å². The number of carbonyl (C=O) groups excluding carboxylic acids is 2. The Labute approximate surface area is 241 Å². The molecule has 2 unspecified atom stereocenters. The number of carbonyl (C=O) groups is 2. The van der Waals surface area contributed by atoms with Gasteiger partial charge in [0.25, 0.3) is 0 Å². The molecule has 7 rings (SSSR count). The van der Waals surface area contributed by atoms with Crippen LogP contribution in [0.15, 0.2) is 36.4 Å². The molecule has 3 aliphatic carbocycles. The van der Waals surface area contributed by atoms with Gasteiger partial charge < -0.3 is 19.3 Å². The second-order valence-electron chi connectivity index (χ2n) is 13.0. The van der Waals surface area contributed by atoms with Crippen LogP contribution in [0.25, 0.3) is 10.8 Å². The first-order chi connectivity index (χ1) is 19.9. The molecule has 2 aromatic carbocycles. The summed E-state index contributed by atoms with van der Waals surface area (Å²) >= 11 is 0. The standard InChI is InChI=1S/C34H41N3O4/c1-22(38)14-15-37-30-13-7-6-12-29(30)35-31(37)18-28-27-17-24-9-3-2-8-23(24)16-25(27)19-34(32(28)39)20-36(21-34)33(40)41-26-10-4-5-11-26/h2-3,8-9,16-17,22,26,28,38H,4-7,10-15,18-21H2,1H3. The molecule has 1 saturated heterocycles. The first-order valence-electron chi connectivity index (χ1n) is 15.7. The lowest BCUT2D eigenvalue weighted by atomic mass is 9.61. The van der Waals surface area contributed by atoms with Gasteiger partial charge >= 0.3 is 6.09 Å². The third-order valence-corrected chi connectivity index (χ3v) is 10.0. The number of ether oxygens (including phenoxy) is 1. The predicted octanol–water partition coefficient (Wildman–Crippen LogP) is 5.52. The molecule has 1 saturated carbocycles. The Kier molecular flexibility index (Phi) is 6.88. The molecule has 1 amide bonds. The summed E-state index contributed by atoms with van der Waals surface area (Å²) in [7, 11) is 0. The number of aryl methyl sites for hydroxylation is 1. The highest BCUT2D eigenvalue weighted by Gasteiger charge is 2.56. The molecule has 2 fully saturated rings. The smallest absolute Gasteiger partial charge is 0.410 e. The number of hydrogen-bond donors (Lipinski definition) is 1. The van der Waals surface area contributed by atoms with Crippen LogP contribution >= 0.6 is 0 Å². The molecule has 7 nitrogen and oxygen atoms in total. The van der Waals surface area contributed by atoms with E-state index in [1.807, 2.05) is 13.0 Å². The molecule has 0 bridgehead atoms. The number of likely N-dealkylation sites (tertiary alicyclic amines) is 1. The maximum absolute atomic E-state index is 14.5. The highest BCUT2D eigenvalue weighted by molar-refractivity contribution is 5.98. The van der Waals surface area contributed by atoms with Gasteiger partial charge in [0.05, 0.1) is 23.1 Å². The van der Waals surface area contributed by atoms with Crippen molar-refractivity contribution < 1.29 is 19.4 Å². The van der Waals surface area contributed by atoms with Gasteiger partial charge in [0.1, 0.15) is 11.9 Å². The number of fused-ring (bicyclic) bond motifs is 3. The highest BCUT2D eigenvalue weighted by atomic mass is 16.6. The fourth-order valence-corrected chi connectivity index (χ4v) is 7.83. The molecule has 1 N–H and O–H groups in total. The predicted molar refractivity (Wildman–Crippen MR) is 157 cm³/mol. The molecule has 7 heteroatoms. The Morgan fingerprint density at radius 1 is 1.10 bits per heavy atom. The Balaban J connectivity index is 1.22. The largest absolute Gasteiger partial charge is 0.446 e. The van der Waals surface area contributed by atoms with Gasteiger partial charge in [-0.2, -0.15) is 0 Å². The summed E-state index contributed by atoms with van der Waals surface area (Å²) < 4.78 is 8.09. The van der Waals surface area contributed by atoms with Crippen molar-refractivity contribution in [1.82, 2.24) is 14.5 Å². The van der Waals surface area contributed by atoms with Crippen molar-refractivity contribution in [2.45, 2.75) is 102 Å². The molecule has 2 heterocycles. The van der Waals surface area contributed by atoms with Gasteiger partial charge in [-0.3, -0.25) is 4.79 Å². The Morgan fingerprint density at radius 2 is 1.83 bits per heavy atom. The van der Waals surface area contributed by atoms with E-state index in [-0.39, 0.29) is 30.0 Å². The van der Waals surface area contributed by atoms with Crippen molar-refractivity contribution in [3.63, 3.8) is 0 Å². The van der Waals surface area contributed by atoms with Crippen molar-refractivity contribution >= 4 is 22.6 Å². The van der Waals surface area contributed by atoms with Crippen LogP contribution in [0.3, 0.4) is 0 Å². The van der Waals surface area contributed by atoms with Crippen LogP contribution in [-0.2, 0) is 41.8 Å². The lowest BCUT2D eigenvalue weighted by Gasteiger charge is -2.52. The molecule has 1 aromatic heterocycles. The molecule has 1 aliphatic heterocycles. The normalized spacial score (nSPS) is 22.4. The van der Waals surface area contributed by atoms with Crippen LogP contribution in [0.1, 0.15) is 86.1 Å². The molecule has 0 radical (unpaired) electrons. The van der Waals surface area contributed by atoms with E-state index in [9.17, 15) is 14.7 Å². The maximum atomic E-state index is 14.5. The monoisotopic (exact) mass is 555 g/mol. The van der Waals surface area contributed by atoms with Gasteiger partial charge in [0.15, 0.2) is 5.78 Å². The average Bonchev–Trinajstić information content (AvgIpc) is 3.58. The first kappa shape index (κ1) is 26.7. The van der Waals surface area contributed by atoms with Gasteiger partial charge in [-0.15, -0.1) is 0 Å². The van der Waals surface area contributed by atoms with Crippen molar-refractivity contribution in [3.8, 4) is 0 Å². The van der Waals surface area contributed by atoms with E-state index in [0.717, 1.165) is 73.8 Å². The minimum Gasteiger partial charge on any atom is -0.446 e. The molecule has 3 aromatic rings. The number of rotatable bonds is 6. The van der Waals surface area contributed by atoms with Crippen LogP contribution in [0.2, 0.25) is 0 Å². The van der Waals surface area contributed by atoms with E-state index in [0.29, 0.717) is 38.9 Å². The van der Waals surface area contributed by atoms with Crippen LogP contribution < -0.4 is 0 Å². The quantitative estimate of drug-likeness (QED) is 0.433. The summed E-state index contributed by atoms with van der Waals surface area (Å²) in [5, 5.41) is 12.4. The summed E-state index contributed by atoms with van der Waals surface area (Å²) in [6, 6.07) is 12.8. The molecular weight excluding hydrogens is 514 g/mol. The average molecular weight is 556 g/mol. The van der Waals surface area contributed by atoms with E-state index < -0.39 is 5.41 Å². The van der Waals surface area contributed by atoms with E-state index in [1.54, 1.807) is 4.90 Å². The van der Waals surface area contributed by atoms with Crippen molar-refractivity contribution in [1.29, 1.82) is 0 Å². The van der Waals surface area contributed by atoms with Crippen LogP contribution in [0, 0.1) is 5.41 Å². The number of Topliss-reactive ketones (excluding diaryl/α,β-unsaturated/α-hetero) is 1.